The molecular formula is C11H12BrNOS. The van der Waals surface area contributed by atoms with Gasteiger partial charge in [0.05, 0.1) is 17.7 Å². The summed E-state index contributed by atoms with van der Waals surface area (Å²) < 4.78 is 0.891. The molecule has 0 saturated heterocycles. The molecule has 0 aliphatic heterocycles. The van der Waals surface area contributed by atoms with Crippen molar-refractivity contribution in [3.63, 3.8) is 0 Å². The molecule has 80 valence electrons. The third-order valence-corrected chi connectivity index (χ3v) is 3.73. The van der Waals surface area contributed by atoms with Gasteiger partial charge in [0.15, 0.2) is 0 Å². The van der Waals surface area contributed by atoms with Crippen LogP contribution >= 0.6 is 27.7 Å². The molecule has 0 radical (unpaired) electrons. The average Bonchev–Trinajstić information content (AvgIpc) is 2.16. The Balaban J connectivity index is 2.87. The molecular weight excluding hydrogens is 274 g/mol. The summed E-state index contributed by atoms with van der Waals surface area (Å²) in [7, 11) is 0. The van der Waals surface area contributed by atoms with Crippen LogP contribution in [-0.2, 0) is 0 Å². The lowest BCUT2D eigenvalue weighted by Crippen LogP contribution is -2.14. The zero-order valence-corrected chi connectivity index (χ0v) is 11.0. The van der Waals surface area contributed by atoms with Crippen molar-refractivity contribution in [2.75, 3.05) is 0 Å². The molecule has 15 heavy (non-hydrogen) atoms. The van der Waals surface area contributed by atoms with E-state index < -0.39 is 0 Å². The highest BCUT2D eigenvalue weighted by atomic mass is 79.9. The molecule has 0 spiro atoms. The summed E-state index contributed by atoms with van der Waals surface area (Å²) in [6.45, 7) is 3.73. The van der Waals surface area contributed by atoms with Gasteiger partial charge in [-0.2, -0.15) is 5.26 Å². The summed E-state index contributed by atoms with van der Waals surface area (Å²) in [6, 6.07) is 7.66. The molecule has 2 unspecified atom stereocenters. The van der Waals surface area contributed by atoms with E-state index in [1.165, 1.54) is 0 Å². The van der Waals surface area contributed by atoms with Gasteiger partial charge in [-0.05, 0) is 25.1 Å². The zero-order valence-electron chi connectivity index (χ0n) is 8.57. The second kappa shape index (κ2) is 5.55. The van der Waals surface area contributed by atoms with Crippen molar-refractivity contribution in [3.8, 4) is 6.07 Å². The van der Waals surface area contributed by atoms with Crippen molar-refractivity contribution in [1.29, 1.82) is 5.26 Å². The number of nitrogens with zero attached hydrogens (tertiary/aromatic N) is 1. The summed E-state index contributed by atoms with van der Waals surface area (Å²) in [6.07, 6.45) is -0.362. The highest BCUT2D eigenvalue weighted by molar-refractivity contribution is 9.10. The molecule has 0 aromatic heterocycles. The first-order valence-corrected chi connectivity index (χ1v) is 6.25. The Bertz CT molecular complexity index is 387. The van der Waals surface area contributed by atoms with E-state index in [-0.39, 0.29) is 11.4 Å². The first-order chi connectivity index (χ1) is 7.02. The van der Waals surface area contributed by atoms with Crippen LogP contribution in [0.4, 0.5) is 0 Å². The molecule has 1 N–H and O–H groups in total. The molecule has 0 amide bonds. The van der Waals surface area contributed by atoms with Crippen LogP contribution in [0.3, 0.4) is 0 Å². The minimum absolute atomic E-state index is 0.117. The van der Waals surface area contributed by atoms with Crippen LogP contribution in [0.15, 0.2) is 27.6 Å². The number of nitriles is 1. The fourth-order valence-electron chi connectivity index (χ4n) is 1.01. The maximum absolute atomic E-state index is 9.38. The summed E-state index contributed by atoms with van der Waals surface area (Å²) in [5.74, 6) is 0. The quantitative estimate of drug-likeness (QED) is 0.868. The van der Waals surface area contributed by atoms with E-state index in [4.69, 9.17) is 5.26 Å². The van der Waals surface area contributed by atoms with Crippen LogP contribution in [0.25, 0.3) is 0 Å². The van der Waals surface area contributed by atoms with Gasteiger partial charge in [0.1, 0.15) is 0 Å². The zero-order chi connectivity index (χ0) is 11.4. The van der Waals surface area contributed by atoms with Crippen LogP contribution in [0.5, 0.6) is 0 Å². The Labute approximate surface area is 102 Å². The molecule has 0 aliphatic carbocycles. The molecule has 0 aliphatic rings. The number of aliphatic hydroxyl groups excluding tert-OH is 1. The lowest BCUT2D eigenvalue weighted by atomic mass is 10.2. The Kier molecular flexibility index (Phi) is 4.65. The summed E-state index contributed by atoms with van der Waals surface area (Å²) in [5, 5.41) is 18.3. The highest BCUT2D eigenvalue weighted by Crippen LogP contribution is 2.28. The number of halogens is 1. The molecule has 0 bridgehead atoms. The number of aliphatic hydroxyl groups is 1. The van der Waals surface area contributed by atoms with Gasteiger partial charge in [0, 0.05) is 14.6 Å². The van der Waals surface area contributed by atoms with Crippen molar-refractivity contribution >= 4 is 27.7 Å². The number of hydrogen-bond acceptors (Lipinski definition) is 3. The largest absolute Gasteiger partial charge is 0.392 e. The Morgan fingerprint density at radius 1 is 1.40 bits per heavy atom. The van der Waals surface area contributed by atoms with Crippen molar-refractivity contribution in [1.82, 2.24) is 0 Å². The van der Waals surface area contributed by atoms with E-state index in [2.05, 4.69) is 22.0 Å². The van der Waals surface area contributed by atoms with Crippen LogP contribution in [0.1, 0.15) is 19.4 Å². The molecule has 1 aromatic rings. The van der Waals surface area contributed by atoms with E-state index in [9.17, 15) is 5.11 Å². The number of hydrogen-bond donors (Lipinski definition) is 1. The molecule has 2 nitrogen and oxygen atoms in total. The van der Waals surface area contributed by atoms with Gasteiger partial charge >= 0.3 is 0 Å². The standard InChI is InChI=1S/C11H12BrNOS/c1-7(14)8(2)15-11-4-9(6-13)3-10(12)5-11/h3-5,7-8,14H,1-2H3. The van der Waals surface area contributed by atoms with Gasteiger partial charge in [-0.1, -0.05) is 22.9 Å². The second-order valence-corrected chi connectivity index (χ2v) is 5.72. The van der Waals surface area contributed by atoms with Crippen molar-refractivity contribution < 1.29 is 5.11 Å². The first-order valence-electron chi connectivity index (χ1n) is 4.58. The van der Waals surface area contributed by atoms with Crippen LogP contribution in [0.2, 0.25) is 0 Å². The Hall–Kier alpha value is -0.500. The molecule has 1 aromatic carbocycles. The lowest BCUT2D eigenvalue weighted by Gasteiger charge is -2.14. The summed E-state index contributed by atoms with van der Waals surface area (Å²) in [5.41, 5.74) is 0.629. The maximum Gasteiger partial charge on any atom is 0.0992 e. The summed E-state index contributed by atoms with van der Waals surface area (Å²) >= 11 is 4.92. The number of thioether (sulfide) groups is 1. The minimum atomic E-state index is -0.362. The predicted octanol–water partition coefficient (Wildman–Crippen LogP) is 3.18. The topological polar surface area (TPSA) is 44.0 Å². The smallest absolute Gasteiger partial charge is 0.0992 e. The second-order valence-electron chi connectivity index (χ2n) is 3.35. The first kappa shape index (κ1) is 12.6. The van der Waals surface area contributed by atoms with Crippen LogP contribution < -0.4 is 0 Å². The molecule has 2 atom stereocenters. The molecule has 4 heteroatoms. The van der Waals surface area contributed by atoms with Gasteiger partial charge in [-0.3, -0.25) is 0 Å². The maximum atomic E-state index is 9.38. The van der Waals surface area contributed by atoms with Crippen molar-refractivity contribution in [3.05, 3.63) is 28.2 Å². The van der Waals surface area contributed by atoms with E-state index in [0.717, 1.165) is 9.37 Å². The van der Waals surface area contributed by atoms with Gasteiger partial charge < -0.3 is 5.11 Å². The van der Waals surface area contributed by atoms with Crippen LogP contribution in [-0.4, -0.2) is 16.5 Å². The van der Waals surface area contributed by atoms with Gasteiger partial charge in [0.2, 0.25) is 0 Å². The van der Waals surface area contributed by atoms with Gasteiger partial charge in [-0.15, -0.1) is 11.8 Å². The van der Waals surface area contributed by atoms with E-state index in [1.807, 2.05) is 19.1 Å². The predicted molar refractivity (Wildman–Crippen MR) is 65.9 cm³/mol. The third-order valence-electron chi connectivity index (χ3n) is 2.00. The van der Waals surface area contributed by atoms with Crippen molar-refractivity contribution in [2.45, 2.75) is 30.1 Å². The molecule has 1 rings (SSSR count). The van der Waals surface area contributed by atoms with Crippen LogP contribution in [0, 0.1) is 11.3 Å². The SMILES string of the molecule is CC(O)C(C)Sc1cc(Br)cc(C#N)c1. The van der Waals surface area contributed by atoms with E-state index >= 15 is 0 Å². The Morgan fingerprint density at radius 2 is 2.07 bits per heavy atom. The number of rotatable bonds is 3. The molecule has 0 heterocycles. The lowest BCUT2D eigenvalue weighted by molar-refractivity contribution is 0.196. The minimum Gasteiger partial charge on any atom is -0.392 e. The van der Waals surface area contributed by atoms with Gasteiger partial charge in [0.25, 0.3) is 0 Å². The fourth-order valence-corrected chi connectivity index (χ4v) is 2.67. The van der Waals surface area contributed by atoms with Crippen molar-refractivity contribution in [2.24, 2.45) is 0 Å². The van der Waals surface area contributed by atoms with Gasteiger partial charge in [-0.25, -0.2) is 0 Å². The third kappa shape index (κ3) is 3.86. The molecule has 0 saturated carbocycles. The van der Waals surface area contributed by atoms with E-state index in [1.54, 1.807) is 24.8 Å². The summed E-state index contributed by atoms with van der Waals surface area (Å²) in [4.78, 5) is 0.995. The fraction of sp³-hybridized carbons (Fsp3) is 0.364. The average molecular weight is 286 g/mol. The number of benzene rings is 1. The Morgan fingerprint density at radius 3 is 2.60 bits per heavy atom. The molecule has 0 fully saturated rings. The monoisotopic (exact) mass is 285 g/mol. The van der Waals surface area contributed by atoms with E-state index in [0.29, 0.717) is 5.56 Å². The highest BCUT2D eigenvalue weighted by Gasteiger charge is 2.11. The normalized spacial score (nSPS) is 14.3.